The summed E-state index contributed by atoms with van der Waals surface area (Å²) in [6.07, 6.45) is 81.2. The lowest BCUT2D eigenvalue weighted by Gasteiger charge is -2.23. The van der Waals surface area contributed by atoms with Gasteiger partial charge in [0.25, 0.3) is 0 Å². The van der Waals surface area contributed by atoms with E-state index in [1.165, 1.54) is 164 Å². The van der Waals surface area contributed by atoms with Crippen LogP contribution in [0.1, 0.15) is 465 Å². The Morgan fingerprint density at radius 2 is 0.489 bits per heavy atom. The number of esters is 4. The van der Waals surface area contributed by atoms with Gasteiger partial charge in [-0.15, -0.1) is 0 Å². The number of hydrogen-bond donors (Lipinski definition) is 3. The van der Waals surface area contributed by atoms with Crippen LogP contribution in [0.5, 0.6) is 0 Å². The number of ether oxygens (including phenoxy) is 10. The van der Waals surface area contributed by atoms with Crippen LogP contribution in [0, 0.1) is 5.92 Å². The van der Waals surface area contributed by atoms with Gasteiger partial charge >= 0.3 is 23.9 Å². The second-order valence-corrected chi connectivity index (χ2v) is 37.6. The van der Waals surface area contributed by atoms with Gasteiger partial charge in [0, 0.05) is 110 Å². The molecule has 0 aromatic carbocycles. The Morgan fingerprint density at radius 3 is 0.806 bits per heavy atom. The first-order valence-corrected chi connectivity index (χ1v) is 56.8. The lowest BCUT2D eigenvalue weighted by molar-refractivity contribution is -0.148. The molecule has 0 saturated heterocycles. The first-order valence-electron chi connectivity index (χ1n) is 56.8. The number of ketones is 1. The molecule has 139 heavy (non-hydrogen) atoms. The highest BCUT2D eigenvalue weighted by Gasteiger charge is 2.25. The molecule has 808 valence electrons. The largest absolute Gasteiger partial charge is 0.464 e. The molecule has 0 bridgehead atoms. The van der Waals surface area contributed by atoms with Gasteiger partial charge in [-0.05, 0) is 161 Å². The molecule has 25 heteroatoms. The zero-order valence-electron chi connectivity index (χ0n) is 89.4. The van der Waals surface area contributed by atoms with Crippen molar-refractivity contribution in [2.24, 2.45) is 5.92 Å². The van der Waals surface area contributed by atoms with Gasteiger partial charge in [-0.1, -0.05) is 288 Å². The summed E-state index contributed by atoms with van der Waals surface area (Å²) in [5, 5.41) is 8.77. The lowest BCUT2D eigenvalue weighted by atomic mass is 9.93. The quantitative estimate of drug-likeness (QED) is 0.0220. The number of nitrogens with one attached hydrogen (secondary N) is 3. The van der Waals surface area contributed by atoms with E-state index in [0.717, 1.165) is 167 Å². The van der Waals surface area contributed by atoms with Gasteiger partial charge in [-0.3, -0.25) is 47.9 Å². The Balaban J connectivity index is 6.00. The highest BCUT2D eigenvalue weighted by atomic mass is 16.6. The van der Waals surface area contributed by atoms with Gasteiger partial charge in [0.05, 0.1) is 85.6 Å². The van der Waals surface area contributed by atoms with Gasteiger partial charge in [0.2, 0.25) is 29.5 Å². The fraction of sp³-hybridized carbons (Fsp3) is 0.842. The normalized spacial score (nSPS) is 11.8. The molecule has 0 heterocycles. The zero-order valence-corrected chi connectivity index (χ0v) is 89.4. The number of rotatable bonds is 110. The van der Waals surface area contributed by atoms with Gasteiger partial charge in [-0.25, -0.2) is 0 Å². The first-order chi connectivity index (χ1) is 68.2. The molecule has 1 atom stereocenters. The third kappa shape index (κ3) is 100. The van der Waals surface area contributed by atoms with Crippen LogP contribution in [-0.2, 0) is 95.3 Å². The fourth-order valence-electron chi connectivity index (χ4n) is 16.1. The average molecular weight is 1970 g/mol. The average Bonchev–Trinajstić information content (AvgIpc) is 0.907. The van der Waals surface area contributed by atoms with Crippen molar-refractivity contribution in [3.63, 3.8) is 0 Å². The van der Waals surface area contributed by atoms with Crippen molar-refractivity contribution in [3.8, 4) is 0 Å². The molecular formula is C114H207N5O20. The standard InChI is InChI=1S/C114H207N5O20/c1-6-11-15-19-23-27-31-35-39-43-47-51-55-59-63-72-110(125)136-91-84-118(85-92-137-111(126)73-64-60-56-52-48-44-40-36-32-28-24-20-16-12-7-2)108(123)78-76-105(120)103-104(114(129)117-83-70-89-132-98-101-135-100-97-131-88-69-82-116-107(122)80-90-133-99-102-134-96-95-130-10-5)71-67-68-81-115-106(121)77-79-109(124)119(86-93-138-112(127)74-65-61-57-53-49-45-41-37-33-29-25-21-17-13-8-3)87-94-139-113(128)75-66-62-58-54-50-46-42-38-34-30-26-22-18-14-9-4/h35-42,104H,6-34,43-103H2,1-5H3,(H,115,121)(H,116,122)(H,117,129)/b39-35-,40-36-,41-37-,42-38-/t104-/m1/s1. The van der Waals surface area contributed by atoms with Crippen molar-refractivity contribution >= 4 is 59.2 Å². The summed E-state index contributed by atoms with van der Waals surface area (Å²) in [5.41, 5.74) is 0. The minimum atomic E-state index is -0.759. The van der Waals surface area contributed by atoms with E-state index >= 15 is 0 Å². The van der Waals surface area contributed by atoms with E-state index in [-0.39, 0.29) is 189 Å². The molecule has 0 aromatic rings. The highest BCUT2D eigenvalue weighted by molar-refractivity contribution is 5.89. The van der Waals surface area contributed by atoms with Crippen LogP contribution in [0.2, 0.25) is 0 Å². The van der Waals surface area contributed by atoms with Crippen molar-refractivity contribution in [1.29, 1.82) is 0 Å². The number of nitrogens with zero attached hydrogens (tertiary/aromatic N) is 2. The Kier molecular flexibility index (Phi) is 104. The van der Waals surface area contributed by atoms with Crippen molar-refractivity contribution in [1.82, 2.24) is 25.8 Å². The van der Waals surface area contributed by atoms with Gasteiger partial charge in [0.1, 0.15) is 32.2 Å². The number of Topliss-reactive ketones (excluding diaryl/α,β-unsaturated/α-hetero) is 1. The Morgan fingerprint density at radius 1 is 0.230 bits per heavy atom. The van der Waals surface area contributed by atoms with Gasteiger partial charge < -0.3 is 73.1 Å². The van der Waals surface area contributed by atoms with E-state index in [1.807, 2.05) is 6.92 Å². The maximum Gasteiger partial charge on any atom is 0.305 e. The van der Waals surface area contributed by atoms with Crippen LogP contribution in [0.4, 0.5) is 0 Å². The number of allylic oxidation sites excluding steroid dienone is 8. The number of unbranched alkanes of at least 4 members (excludes halogenated alkanes) is 45. The van der Waals surface area contributed by atoms with E-state index in [1.54, 1.807) is 0 Å². The van der Waals surface area contributed by atoms with Crippen molar-refractivity contribution in [2.75, 3.05) is 152 Å². The van der Waals surface area contributed by atoms with Crippen LogP contribution in [-0.4, -0.2) is 221 Å². The first kappa shape index (κ1) is 133. The molecule has 0 fully saturated rings. The Bertz CT molecular complexity index is 2850. The molecule has 0 radical (unpaired) electrons. The molecule has 0 aromatic heterocycles. The molecule has 5 amide bonds. The lowest BCUT2D eigenvalue weighted by Crippen LogP contribution is -2.38. The monoisotopic (exact) mass is 1970 g/mol. The smallest absolute Gasteiger partial charge is 0.305 e. The topological polar surface area (TPSA) is 306 Å². The summed E-state index contributed by atoms with van der Waals surface area (Å²) in [6, 6.07) is 0. The number of amides is 5. The highest BCUT2D eigenvalue weighted by Crippen LogP contribution is 2.21. The van der Waals surface area contributed by atoms with E-state index in [9.17, 15) is 47.9 Å². The van der Waals surface area contributed by atoms with Crippen LogP contribution in [0.15, 0.2) is 48.6 Å². The van der Waals surface area contributed by atoms with E-state index in [0.29, 0.717) is 131 Å². The Labute approximate surface area is 846 Å². The predicted octanol–water partition coefficient (Wildman–Crippen LogP) is 24.9. The van der Waals surface area contributed by atoms with Crippen molar-refractivity contribution in [2.45, 2.75) is 465 Å². The molecule has 3 N–H and O–H groups in total. The molecule has 0 saturated carbocycles. The molecule has 0 unspecified atom stereocenters. The maximum atomic E-state index is 14.1. The summed E-state index contributed by atoms with van der Waals surface area (Å²) in [6.45, 7) is 17.0. The summed E-state index contributed by atoms with van der Waals surface area (Å²) in [4.78, 5) is 137. The molecule has 0 spiro atoms. The SMILES string of the molecule is CCCCCCCC/C=C\CCCCCCCC(=O)OCCN(CCOC(=O)CCCCCCC/C=C\CCCCCCCC)C(=O)CCC(=O)C[C@@H](CCCCNC(=O)CCC(=O)N(CCOC(=O)CCCCCCC/C=C\CCCCCCCC)CCOC(=O)CCCCCCC/C=C\CCCCCCCC)C(=O)NCCCOCCOCCOCCCNC(=O)CCOCCOCCOCC. The molecule has 0 aliphatic heterocycles. The van der Waals surface area contributed by atoms with Crippen LogP contribution < -0.4 is 16.0 Å². The molecule has 0 aliphatic carbocycles. The number of carbonyl (C=O) groups is 10. The van der Waals surface area contributed by atoms with E-state index < -0.39 is 5.92 Å². The van der Waals surface area contributed by atoms with Crippen LogP contribution >= 0.6 is 0 Å². The van der Waals surface area contributed by atoms with Crippen molar-refractivity contribution < 1.29 is 95.3 Å². The van der Waals surface area contributed by atoms with E-state index in [4.69, 9.17) is 47.4 Å². The predicted molar refractivity (Wildman–Crippen MR) is 564 cm³/mol. The van der Waals surface area contributed by atoms with Gasteiger partial charge in [0.15, 0.2) is 0 Å². The van der Waals surface area contributed by atoms with Gasteiger partial charge in [-0.2, -0.15) is 0 Å². The molecule has 0 aliphatic rings. The van der Waals surface area contributed by atoms with E-state index in [2.05, 4.69) is 92.3 Å². The minimum Gasteiger partial charge on any atom is -0.464 e. The summed E-state index contributed by atoms with van der Waals surface area (Å²) in [7, 11) is 0. The van der Waals surface area contributed by atoms with Crippen LogP contribution in [0.3, 0.4) is 0 Å². The zero-order chi connectivity index (χ0) is 101. The number of hydrogen-bond acceptors (Lipinski definition) is 20. The minimum absolute atomic E-state index is 0.0357. The van der Waals surface area contributed by atoms with Crippen molar-refractivity contribution in [3.05, 3.63) is 48.6 Å². The number of carbonyl (C=O) groups excluding carboxylic acids is 10. The summed E-state index contributed by atoms with van der Waals surface area (Å²) in [5.74, 6) is -3.90. The second kappa shape index (κ2) is 109. The Hall–Kier alpha value is -6.38. The maximum absolute atomic E-state index is 14.1. The molecule has 0 rings (SSSR count). The fourth-order valence-corrected chi connectivity index (χ4v) is 16.1. The third-order valence-corrected chi connectivity index (χ3v) is 24.8. The third-order valence-electron chi connectivity index (χ3n) is 24.8. The second-order valence-electron chi connectivity index (χ2n) is 37.6. The molecule has 25 nitrogen and oxygen atoms in total. The summed E-state index contributed by atoms with van der Waals surface area (Å²) < 4.78 is 55.8. The van der Waals surface area contributed by atoms with Crippen LogP contribution in [0.25, 0.3) is 0 Å². The molecular weight excluding hydrogens is 1760 g/mol. The summed E-state index contributed by atoms with van der Waals surface area (Å²) >= 11 is 0.